The highest BCUT2D eigenvalue weighted by Gasteiger charge is 2.17. The average molecular weight is 236 g/mol. The zero-order chi connectivity index (χ0) is 12.4. The van der Waals surface area contributed by atoms with Crippen molar-refractivity contribution in [1.29, 1.82) is 0 Å². The minimum Gasteiger partial charge on any atom is -0.326 e. The Bertz CT molecular complexity index is 464. The number of nitrogens with one attached hydrogen (secondary N) is 1. The van der Waals surface area contributed by atoms with E-state index in [2.05, 4.69) is 16.4 Å². The zero-order valence-corrected chi connectivity index (χ0v) is 10.5. The topological polar surface area (TPSA) is 63.3 Å². The van der Waals surface area contributed by atoms with Crippen molar-refractivity contribution in [3.8, 4) is 0 Å². The molecule has 94 valence electrons. The van der Waals surface area contributed by atoms with Crippen LogP contribution < -0.4 is 16.7 Å². The summed E-state index contributed by atoms with van der Waals surface area (Å²) in [5.41, 5.74) is 11.7. The number of nitrogens with two attached hydrogens (primary N) is 1. The molecule has 0 aliphatic carbocycles. The van der Waals surface area contributed by atoms with E-state index in [1.54, 1.807) is 4.68 Å². The first kappa shape index (κ1) is 12.1. The Balaban J connectivity index is 2.37. The van der Waals surface area contributed by atoms with E-state index in [4.69, 9.17) is 5.73 Å². The number of hydrogen-bond donors (Lipinski definition) is 2. The van der Waals surface area contributed by atoms with Gasteiger partial charge in [0, 0.05) is 37.3 Å². The Morgan fingerprint density at radius 2 is 2.29 bits per heavy atom. The second-order valence-corrected chi connectivity index (χ2v) is 4.70. The lowest BCUT2D eigenvalue weighted by Crippen LogP contribution is -2.31. The molecule has 2 heterocycles. The summed E-state index contributed by atoms with van der Waals surface area (Å²) in [4.78, 5) is 14.3. The molecule has 0 unspecified atom stereocenters. The molecule has 0 aromatic carbocycles. The van der Waals surface area contributed by atoms with Gasteiger partial charge in [-0.2, -0.15) is 0 Å². The summed E-state index contributed by atoms with van der Waals surface area (Å²) in [7, 11) is 4.06. The number of nitrogens with zero attached hydrogens (tertiary/aromatic N) is 2. The third-order valence-corrected chi connectivity index (χ3v) is 3.16. The molecule has 0 radical (unpaired) electrons. The van der Waals surface area contributed by atoms with Gasteiger partial charge in [0.2, 0.25) is 0 Å². The van der Waals surface area contributed by atoms with Crippen LogP contribution in [0.25, 0.3) is 0 Å². The maximum Gasteiger partial charge on any atom is 0.273 e. The summed E-state index contributed by atoms with van der Waals surface area (Å²) in [6, 6.07) is 2.12. The highest BCUT2D eigenvalue weighted by atomic mass is 16.1. The number of hydrogen-bond acceptors (Lipinski definition) is 4. The van der Waals surface area contributed by atoms with Crippen molar-refractivity contribution in [2.45, 2.75) is 19.4 Å². The summed E-state index contributed by atoms with van der Waals surface area (Å²) in [5.74, 6) is 0. The van der Waals surface area contributed by atoms with Crippen LogP contribution in [0, 0.1) is 0 Å². The Morgan fingerprint density at radius 3 is 2.94 bits per heavy atom. The first-order valence-corrected chi connectivity index (χ1v) is 5.99. The third kappa shape index (κ3) is 2.35. The fourth-order valence-electron chi connectivity index (χ4n) is 2.19. The minimum absolute atomic E-state index is 0.0243. The van der Waals surface area contributed by atoms with E-state index >= 15 is 0 Å². The van der Waals surface area contributed by atoms with Crippen molar-refractivity contribution in [2.75, 3.05) is 32.6 Å². The highest BCUT2D eigenvalue weighted by molar-refractivity contribution is 5.30. The standard InChI is InChI=1S/C12H20N4O/c1-15(2)6-4-9-7-10-3-5-14-16(10)12(17)11(9)8-13/h7,14H,3-6,8,13H2,1-2H3. The van der Waals surface area contributed by atoms with Gasteiger partial charge in [-0.25, -0.2) is 4.68 Å². The smallest absolute Gasteiger partial charge is 0.273 e. The number of aromatic nitrogens is 1. The predicted octanol–water partition coefficient (Wildman–Crippen LogP) is -0.489. The largest absolute Gasteiger partial charge is 0.326 e. The van der Waals surface area contributed by atoms with Gasteiger partial charge in [-0.15, -0.1) is 0 Å². The van der Waals surface area contributed by atoms with Crippen molar-refractivity contribution < 1.29 is 0 Å². The zero-order valence-electron chi connectivity index (χ0n) is 10.5. The quantitative estimate of drug-likeness (QED) is 0.740. The van der Waals surface area contributed by atoms with E-state index in [9.17, 15) is 4.79 Å². The Hall–Kier alpha value is -1.33. The van der Waals surface area contributed by atoms with Gasteiger partial charge in [-0.05, 0) is 32.1 Å². The van der Waals surface area contributed by atoms with Gasteiger partial charge in [-0.1, -0.05) is 0 Å². The van der Waals surface area contributed by atoms with Crippen LogP contribution in [0.15, 0.2) is 10.9 Å². The molecule has 0 saturated heterocycles. The van der Waals surface area contributed by atoms with Crippen LogP contribution in [0.1, 0.15) is 16.8 Å². The van der Waals surface area contributed by atoms with Gasteiger partial charge in [-0.3, -0.25) is 4.79 Å². The van der Waals surface area contributed by atoms with Crippen molar-refractivity contribution in [1.82, 2.24) is 9.58 Å². The van der Waals surface area contributed by atoms with E-state index in [1.165, 1.54) is 0 Å². The molecular formula is C12H20N4O. The van der Waals surface area contributed by atoms with Crippen molar-refractivity contribution in [2.24, 2.45) is 5.73 Å². The molecule has 3 N–H and O–H groups in total. The van der Waals surface area contributed by atoms with Crippen LogP contribution >= 0.6 is 0 Å². The average Bonchev–Trinajstić information content (AvgIpc) is 2.74. The van der Waals surface area contributed by atoms with E-state index < -0.39 is 0 Å². The molecule has 5 heteroatoms. The second-order valence-electron chi connectivity index (χ2n) is 4.70. The summed E-state index contributed by atoms with van der Waals surface area (Å²) in [6.07, 6.45) is 1.79. The molecule has 1 aliphatic rings. The lowest BCUT2D eigenvalue weighted by molar-refractivity contribution is 0.413. The molecule has 1 aromatic rings. The number of likely N-dealkylation sites (N-methyl/N-ethyl adjacent to an activating group) is 1. The van der Waals surface area contributed by atoms with Crippen molar-refractivity contribution in [3.05, 3.63) is 33.2 Å². The van der Waals surface area contributed by atoms with Crippen molar-refractivity contribution in [3.63, 3.8) is 0 Å². The maximum atomic E-state index is 12.2. The van der Waals surface area contributed by atoms with E-state index in [0.717, 1.165) is 42.8 Å². The predicted molar refractivity (Wildman–Crippen MR) is 68.8 cm³/mol. The van der Waals surface area contributed by atoms with Crippen LogP contribution in [0.2, 0.25) is 0 Å². The minimum atomic E-state index is 0.0243. The summed E-state index contributed by atoms with van der Waals surface area (Å²) < 4.78 is 1.64. The van der Waals surface area contributed by atoms with Crippen LogP contribution in [-0.2, 0) is 19.4 Å². The molecule has 0 atom stereocenters. The summed E-state index contributed by atoms with van der Waals surface area (Å²) in [5, 5.41) is 0. The summed E-state index contributed by atoms with van der Waals surface area (Å²) >= 11 is 0. The highest BCUT2D eigenvalue weighted by Crippen LogP contribution is 2.12. The SMILES string of the molecule is CN(C)CCc1cc2n(c(=O)c1CN)NCC2. The lowest BCUT2D eigenvalue weighted by atomic mass is 10.0. The van der Waals surface area contributed by atoms with Crippen LogP contribution in [0.5, 0.6) is 0 Å². The number of rotatable bonds is 4. The number of fused-ring (bicyclic) bond motifs is 1. The van der Waals surface area contributed by atoms with E-state index in [1.807, 2.05) is 14.1 Å². The second kappa shape index (κ2) is 4.89. The van der Waals surface area contributed by atoms with E-state index in [-0.39, 0.29) is 5.56 Å². The molecular weight excluding hydrogens is 216 g/mol. The molecule has 0 spiro atoms. The Morgan fingerprint density at radius 1 is 1.53 bits per heavy atom. The van der Waals surface area contributed by atoms with Gasteiger partial charge in [0.05, 0.1) is 0 Å². The maximum absolute atomic E-state index is 12.2. The molecule has 1 aliphatic heterocycles. The molecule has 0 bridgehead atoms. The third-order valence-electron chi connectivity index (χ3n) is 3.16. The number of pyridine rings is 1. The lowest BCUT2D eigenvalue weighted by Gasteiger charge is -2.14. The Kier molecular flexibility index (Phi) is 3.49. The van der Waals surface area contributed by atoms with Crippen LogP contribution in [-0.4, -0.2) is 36.8 Å². The van der Waals surface area contributed by atoms with E-state index in [0.29, 0.717) is 6.54 Å². The van der Waals surface area contributed by atoms with Gasteiger partial charge < -0.3 is 16.1 Å². The first-order chi connectivity index (χ1) is 8.13. The van der Waals surface area contributed by atoms with Gasteiger partial charge in [0.25, 0.3) is 5.56 Å². The van der Waals surface area contributed by atoms with Crippen LogP contribution in [0.3, 0.4) is 0 Å². The molecule has 17 heavy (non-hydrogen) atoms. The summed E-state index contributed by atoms with van der Waals surface area (Å²) in [6.45, 7) is 2.07. The van der Waals surface area contributed by atoms with Gasteiger partial charge in [0.15, 0.2) is 0 Å². The normalized spacial score (nSPS) is 13.9. The fourth-order valence-corrected chi connectivity index (χ4v) is 2.19. The molecule has 0 amide bonds. The molecule has 0 fully saturated rings. The molecule has 1 aromatic heterocycles. The van der Waals surface area contributed by atoms with Gasteiger partial charge >= 0.3 is 0 Å². The fraction of sp³-hybridized carbons (Fsp3) is 0.583. The first-order valence-electron chi connectivity index (χ1n) is 5.99. The van der Waals surface area contributed by atoms with Crippen molar-refractivity contribution >= 4 is 0 Å². The van der Waals surface area contributed by atoms with Gasteiger partial charge in [0.1, 0.15) is 0 Å². The van der Waals surface area contributed by atoms with Crippen LogP contribution in [0.4, 0.5) is 0 Å². The Labute approximate surface area is 101 Å². The molecule has 2 rings (SSSR count). The monoisotopic (exact) mass is 236 g/mol. The molecule has 0 saturated carbocycles. The molecule has 5 nitrogen and oxygen atoms in total.